The van der Waals surface area contributed by atoms with Gasteiger partial charge in [-0.2, -0.15) is 0 Å². The maximum absolute atomic E-state index is 13.3. The van der Waals surface area contributed by atoms with Crippen LogP contribution in [0.2, 0.25) is 0 Å². The molecule has 0 spiro atoms. The van der Waals surface area contributed by atoms with Crippen LogP contribution in [0.4, 0.5) is 10.1 Å². The standard InChI is InChI=1S/C17H15FN2O4/c18-14-3-1-2-11(8-14)13-6-7-19(10-13)17(22)12-4-5-15(20(23)24)16(21)9-12/h1-5,8-9,13,21H,6-7,10H2/t13-/m0/s1. The van der Waals surface area contributed by atoms with Crippen molar-refractivity contribution in [2.24, 2.45) is 0 Å². The van der Waals surface area contributed by atoms with E-state index in [-0.39, 0.29) is 23.2 Å². The van der Waals surface area contributed by atoms with Crippen LogP contribution in [0.1, 0.15) is 28.3 Å². The van der Waals surface area contributed by atoms with Gasteiger partial charge in [-0.3, -0.25) is 14.9 Å². The monoisotopic (exact) mass is 330 g/mol. The number of phenolic OH excluding ortho intramolecular Hbond substituents is 1. The van der Waals surface area contributed by atoms with E-state index in [9.17, 15) is 24.4 Å². The van der Waals surface area contributed by atoms with Gasteiger partial charge in [-0.15, -0.1) is 0 Å². The van der Waals surface area contributed by atoms with Gasteiger partial charge in [-0.1, -0.05) is 12.1 Å². The number of phenols is 1. The first kappa shape index (κ1) is 15.9. The maximum atomic E-state index is 13.3. The number of carbonyl (C=O) groups excluding carboxylic acids is 1. The summed E-state index contributed by atoms with van der Waals surface area (Å²) in [5, 5.41) is 20.4. The summed E-state index contributed by atoms with van der Waals surface area (Å²) < 4.78 is 13.3. The van der Waals surface area contributed by atoms with Gasteiger partial charge < -0.3 is 10.0 Å². The lowest BCUT2D eigenvalue weighted by molar-refractivity contribution is -0.385. The van der Waals surface area contributed by atoms with Crippen LogP contribution in [-0.2, 0) is 0 Å². The molecule has 0 radical (unpaired) electrons. The number of benzene rings is 2. The highest BCUT2D eigenvalue weighted by atomic mass is 19.1. The quantitative estimate of drug-likeness (QED) is 0.692. The van der Waals surface area contributed by atoms with E-state index in [4.69, 9.17) is 0 Å². The maximum Gasteiger partial charge on any atom is 0.310 e. The third-order valence-electron chi connectivity index (χ3n) is 4.21. The van der Waals surface area contributed by atoms with Gasteiger partial charge in [0.15, 0.2) is 5.75 Å². The summed E-state index contributed by atoms with van der Waals surface area (Å²) in [6.07, 6.45) is 0.716. The average Bonchev–Trinajstić information content (AvgIpc) is 3.03. The largest absolute Gasteiger partial charge is 0.502 e. The van der Waals surface area contributed by atoms with Gasteiger partial charge in [0, 0.05) is 30.6 Å². The molecule has 1 fully saturated rings. The highest BCUT2D eigenvalue weighted by Crippen LogP contribution is 2.30. The van der Waals surface area contributed by atoms with Crippen LogP contribution < -0.4 is 0 Å². The molecule has 2 aromatic carbocycles. The molecule has 2 aromatic rings. The number of halogens is 1. The predicted molar refractivity (Wildman–Crippen MR) is 84.4 cm³/mol. The van der Waals surface area contributed by atoms with E-state index in [1.807, 2.05) is 6.07 Å². The Labute approximate surface area is 137 Å². The Balaban J connectivity index is 1.75. The summed E-state index contributed by atoms with van der Waals surface area (Å²) in [5.41, 5.74) is 0.598. The number of nitro benzene ring substituents is 1. The Morgan fingerprint density at radius 3 is 2.75 bits per heavy atom. The fraction of sp³-hybridized carbons (Fsp3) is 0.235. The van der Waals surface area contributed by atoms with Gasteiger partial charge in [0.1, 0.15) is 5.82 Å². The number of amides is 1. The van der Waals surface area contributed by atoms with Crippen molar-refractivity contribution in [3.05, 3.63) is 69.5 Å². The van der Waals surface area contributed by atoms with Crippen molar-refractivity contribution in [1.29, 1.82) is 0 Å². The van der Waals surface area contributed by atoms with Crippen molar-refractivity contribution >= 4 is 11.6 Å². The molecule has 1 heterocycles. The first-order chi connectivity index (χ1) is 11.5. The minimum Gasteiger partial charge on any atom is -0.502 e. The number of nitro groups is 1. The SMILES string of the molecule is O=C(c1ccc([N+](=O)[O-])c(O)c1)N1CC[C@H](c2cccc(F)c2)C1. The molecule has 0 bridgehead atoms. The van der Waals surface area contributed by atoms with E-state index < -0.39 is 16.4 Å². The predicted octanol–water partition coefficient (Wildman–Crippen LogP) is 3.07. The molecule has 1 aliphatic heterocycles. The molecule has 124 valence electrons. The first-order valence-corrected chi connectivity index (χ1v) is 7.48. The van der Waals surface area contributed by atoms with Crippen molar-refractivity contribution in [2.45, 2.75) is 12.3 Å². The lowest BCUT2D eigenvalue weighted by Gasteiger charge is -2.17. The van der Waals surface area contributed by atoms with Crippen LogP contribution in [0, 0.1) is 15.9 Å². The number of likely N-dealkylation sites (tertiary alicyclic amines) is 1. The van der Waals surface area contributed by atoms with E-state index in [1.165, 1.54) is 18.2 Å². The normalized spacial score (nSPS) is 17.0. The number of hydrogen-bond acceptors (Lipinski definition) is 4. The van der Waals surface area contributed by atoms with Crippen LogP contribution in [0.5, 0.6) is 5.75 Å². The molecule has 7 heteroatoms. The molecule has 1 N–H and O–H groups in total. The molecule has 1 saturated heterocycles. The van der Waals surface area contributed by atoms with Crippen molar-refractivity contribution in [3.8, 4) is 5.75 Å². The Morgan fingerprint density at radius 1 is 1.29 bits per heavy atom. The lowest BCUT2D eigenvalue weighted by Crippen LogP contribution is -2.28. The first-order valence-electron chi connectivity index (χ1n) is 7.48. The van der Waals surface area contributed by atoms with Gasteiger partial charge in [0.25, 0.3) is 5.91 Å². The van der Waals surface area contributed by atoms with Crippen molar-refractivity contribution in [2.75, 3.05) is 13.1 Å². The Kier molecular flexibility index (Phi) is 4.16. The molecular weight excluding hydrogens is 315 g/mol. The smallest absolute Gasteiger partial charge is 0.310 e. The topological polar surface area (TPSA) is 83.7 Å². The van der Waals surface area contributed by atoms with Crippen LogP contribution in [0.3, 0.4) is 0 Å². The van der Waals surface area contributed by atoms with Gasteiger partial charge in [-0.05, 0) is 36.2 Å². The van der Waals surface area contributed by atoms with Gasteiger partial charge in [0.05, 0.1) is 4.92 Å². The molecule has 1 atom stereocenters. The molecule has 1 aliphatic rings. The van der Waals surface area contributed by atoms with E-state index in [0.29, 0.717) is 19.5 Å². The zero-order valence-electron chi connectivity index (χ0n) is 12.7. The molecule has 0 aliphatic carbocycles. The summed E-state index contributed by atoms with van der Waals surface area (Å²) in [5.74, 6) is -1.10. The number of hydrogen-bond donors (Lipinski definition) is 1. The second kappa shape index (κ2) is 6.27. The van der Waals surface area contributed by atoms with E-state index in [0.717, 1.165) is 17.7 Å². The van der Waals surface area contributed by atoms with Gasteiger partial charge in [-0.25, -0.2) is 4.39 Å². The molecule has 0 unspecified atom stereocenters. The summed E-state index contributed by atoms with van der Waals surface area (Å²) in [4.78, 5) is 24.1. The van der Waals surface area contributed by atoms with E-state index in [1.54, 1.807) is 11.0 Å². The summed E-state index contributed by atoms with van der Waals surface area (Å²) in [6.45, 7) is 0.956. The summed E-state index contributed by atoms with van der Waals surface area (Å²) >= 11 is 0. The van der Waals surface area contributed by atoms with Crippen molar-refractivity contribution in [3.63, 3.8) is 0 Å². The van der Waals surface area contributed by atoms with E-state index >= 15 is 0 Å². The molecule has 1 amide bonds. The fourth-order valence-electron chi connectivity index (χ4n) is 2.97. The number of nitrogens with zero attached hydrogens (tertiary/aromatic N) is 2. The second-order valence-electron chi connectivity index (χ2n) is 5.75. The van der Waals surface area contributed by atoms with Crippen LogP contribution in [0.25, 0.3) is 0 Å². The zero-order valence-corrected chi connectivity index (χ0v) is 12.7. The third-order valence-corrected chi connectivity index (χ3v) is 4.21. The lowest BCUT2D eigenvalue weighted by atomic mass is 9.98. The summed E-state index contributed by atoms with van der Waals surface area (Å²) in [6, 6.07) is 9.87. The molecular formula is C17H15FN2O4. The molecule has 6 nitrogen and oxygen atoms in total. The molecule has 24 heavy (non-hydrogen) atoms. The minimum atomic E-state index is -0.709. The van der Waals surface area contributed by atoms with Crippen LogP contribution in [0.15, 0.2) is 42.5 Å². The molecule has 0 aromatic heterocycles. The van der Waals surface area contributed by atoms with Crippen LogP contribution in [-0.4, -0.2) is 33.9 Å². The number of aromatic hydroxyl groups is 1. The molecule has 3 rings (SSSR count). The fourth-order valence-corrected chi connectivity index (χ4v) is 2.97. The zero-order chi connectivity index (χ0) is 17.3. The van der Waals surface area contributed by atoms with Gasteiger partial charge >= 0.3 is 5.69 Å². The van der Waals surface area contributed by atoms with Crippen molar-refractivity contribution < 1.29 is 19.2 Å². The second-order valence-corrected chi connectivity index (χ2v) is 5.75. The highest BCUT2D eigenvalue weighted by molar-refractivity contribution is 5.95. The number of carbonyl (C=O) groups is 1. The van der Waals surface area contributed by atoms with Crippen molar-refractivity contribution in [1.82, 2.24) is 4.90 Å². The van der Waals surface area contributed by atoms with Crippen LogP contribution >= 0.6 is 0 Å². The Morgan fingerprint density at radius 2 is 2.08 bits per heavy atom. The Hall–Kier alpha value is -2.96. The molecule has 0 saturated carbocycles. The van der Waals surface area contributed by atoms with E-state index in [2.05, 4.69) is 0 Å². The summed E-state index contributed by atoms with van der Waals surface area (Å²) in [7, 11) is 0. The Bertz CT molecular complexity index is 809. The number of rotatable bonds is 3. The average molecular weight is 330 g/mol. The highest BCUT2D eigenvalue weighted by Gasteiger charge is 2.29. The minimum absolute atomic E-state index is 0.0521. The van der Waals surface area contributed by atoms with Gasteiger partial charge in [0.2, 0.25) is 0 Å². The third kappa shape index (κ3) is 3.05.